The van der Waals surface area contributed by atoms with E-state index in [2.05, 4.69) is 5.32 Å². The van der Waals surface area contributed by atoms with Gasteiger partial charge in [-0.3, -0.25) is 9.59 Å². The maximum atomic E-state index is 11.1. The van der Waals surface area contributed by atoms with Crippen molar-refractivity contribution in [3.05, 3.63) is 0 Å². The molecule has 0 fully saturated rings. The molecule has 0 heterocycles. The van der Waals surface area contributed by atoms with Crippen LogP contribution in [0.25, 0.3) is 0 Å². The van der Waals surface area contributed by atoms with E-state index in [0.717, 1.165) is 0 Å². The second-order valence-corrected chi connectivity index (χ2v) is 3.52. The van der Waals surface area contributed by atoms with E-state index >= 15 is 0 Å². The molecular weight excluding hydrogens is 202 g/mol. The van der Waals surface area contributed by atoms with Crippen LogP contribution in [0.1, 0.15) is 13.8 Å². The van der Waals surface area contributed by atoms with Crippen molar-refractivity contribution in [2.24, 2.45) is 0 Å². The summed E-state index contributed by atoms with van der Waals surface area (Å²) in [5, 5.41) is 29.2. The van der Waals surface area contributed by atoms with Crippen molar-refractivity contribution < 1.29 is 24.9 Å². The summed E-state index contributed by atoms with van der Waals surface area (Å²) in [6.45, 7) is 2.65. The minimum Gasteiger partial charge on any atom is -0.394 e. The van der Waals surface area contributed by atoms with Gasteiger partial charge in [-0.05, 0) is 0 Å². The molecule has 0 spiro atoms. The van der Waals surface area contributed by atoms with Gasteiger partial charge in [0.25, 0.3) is 0 Å². The molecule has 0 aromatic carbocycles. The topological polar surface area (TPSA) is 107 Å². The summed E-state index contributed by atoms with van der Waals surface area (Å²) in [5.74, 6) is -1.91. The molecule has 0 aromatic heterocycles. The van der Waals surface area contributed by atoms with Crippen LogP contribution in [-0.4, -0.2) is 58.3 Å². The van der Waals surface area contributed by atoms with Gasteiger partial charge in [0.05, 0.1) is 13.2 Å². The molecule has 88 valence electrons. The molecule has 0 saturated heterocycles. The molecule has 2 atom stereocenters. The fourth-order valence-corrected chi connectivity index (χ4v) is 0.823. The molecule has 6 heteroatoms. The Morgan fingerprint density at radius 2 is 1.80 bits per heavy atom. The van der Waals surface area contributed by atoms with E-state index in [4.69, 9.17) is 15.3 Å². The average Bonchev–Trinajstić information content (AvgIpc) is 2.22. The highest BCUT2D eigenvalue weighted by Crippen LogP contribution is 1.95. The van der Waals surface area contributed by atoms with Crippen molar-refractivity contribution in [3.63, 3.8) is 0 Å². The number of Topliss-reactive ketones (excluding diaryl/α,β-unsaturated/α-hetero) is 2. The van der Waals surface area contributed by atoms with Crippen LogP contribution in [0.2, 0.25) is 0 Å². The van der Waals surface area contributed by atoms with E-state index in [1.165, 1.54) is 0 Å². The highest BCUT2D eigenvalue weighted by Gasteiger charge is 2.28. The largest absolute Gasteiger partial charge is 0.394 e. The Kier molecular flexibility index (Phi) is 6.26. The van der Waals surface area contributed by atoms with Crippen LogP contribution < -0.4 is 5.32 Å². The van der Waals surface area contributed by atoms with Gasteiger partial charge in [0.2, 0.25) is 11.6 Å². The monoisotopic (exact) mass is 219 g/mol. The lowest BCUT2D eigenvalue weighted by atomic mass is 10.1. The smallest absolute Gasteiger partial charge is 0.230 e. The van der Waals surface area contributed by atoms with E-state index in [-0.39, 0.29) is 12.6 Å². The van der Waals surface area contributed by atoms with Crippen molar-refractivity contribution in [1.82, 2.24) is 5.32 Å². The van der Waals surface area contributed by atoms with Gasteiger partial charge in [0, 0.05) is 6.04 Å². The zero-order chi connectivity index (χ0) is 12.0. The molecule has 0 aromatic rings. The normalized spacial score (nSPS) is 15.1. The number of rotatable bonds is 7. The summed E-state index contributed by atoms with van der Waals surface area (Å²) in [4.78, 5) is 22.3. The fourth-order valence-electron chi connectivity index (χ4n) is 0.823. The highest BCUT2D eigenvalue weighted by atomic mass is 16.4. The van der Waals surface area contributed by atoms with Crippen molar-refractivity contribution in [3.8, 4) is 0 Å². The molecule has 0 aliphatic heterocycles. The van der Waals surface area contributed by atoms with E-state index < -0.39 is 30.4 Å². The zero-order valence-corrected chi connectivity index (χ0v) is 8.80. The Bertz CT molecular complexity index is 229. The molecule has 15 heavy (non-hydrogen) atoms. The summed E-state index contributed by atoms with van der Waals surface area (Å²) in [5.41, 5.74) is 0. The van der Waals surface area contributed by atoms with Crippen LogP contribution in [0.4, 0.5) is 0 Å². The molecule has 0 unspecified atom stereocenters. The summed E-state index contributed by atoms with van der Waals surface area (Å²) < 4.78 is 0. The number of carbonyl (C=O) groups is 2. The molecule has 0 saturated carbocycles. The highest BCUT2D eigenvalue weighted by molar-refractivity contribution is 6.39. The third kappa shape index (κ3) is 4.98. The number of hydrogen-bond donors (Lipinski definition) is 4. The fraction of sp³-hybridized carbons (Fsp3) is 0.778. The number of aliphatic hydroxyl groups excluding tert-OH is 3. The number of nitrogens with one attached hydrogen (secondary N) is 1. The first kappa shape index (κ1) is 14.2. The van der Waals surface area contributed by atoms with Gasteiger partial charge in [-0.15, -0.1) is 0 Å². The first-order chi connectivity index (χ1) is 6.90. The van der Waals surface area contributed by atoms with Gasteiger partial charge in [-0.1, -0.05) is 13.8 Å². The summed E-state index contributed by atoms with van der Waals surface area (Å²) in [6, 6.07) is 0.0432. The maximum absolute atomic E-state index is 11.1. The van der Waals surface area contributed by atoms with Gasteiger partial charge in [0.15, 0.2) is 0 Å². The zero-order valence-electron chi connectivity index (χ0n) is 8.80. The molecule has 6 nitrogen and oxygen atoms in total. The molecule has 0 radical (unpaired) electrons. The lowest BCUT2D eigenvalue weighted by molar-refractivity contribution is -0.146. The Morgan fingerprint density at radius 3 is 2.20 bits per heavy atom. The number of aliphatic hydroxyl groups is 3. The van der Waals surface area contributed by atoms with Gasteiger partial charge < -0.3 is 20.6 Å². The van der Waals surface area contributed by atoms with Crippen LogP contribution in [0.5, 0.6) is 0 Å². The van der Waals surface area contributed by atoms with Gasteiger partial charge in [0.1, 0.15) is 12.2 Å². The third-order valence-electron chi connectivity index (χ3n) is 1.77. The molecule has 4 N–H and O–H groups in total. The Balaban J connectivity index is 4.14. The first-order valence-electron chi connectivity index (χ1n) is 4.67. The predicted molar refractivity (Wildman–Crippen MR) is 52.3 cm³/mol. The second kappa shape index (κ2) is 6.62. The Hall–Kier alpha value is -0.820. The standard InChI is InChI=1S/C9H17NO5/c1-5(2)10-3-6(12)8(14)9(15)7(13)4-11/h5,7,9-11,13,15H,3-4H2,1-2H3/t7-,9-/m1/s1. The lowest BCUT2D eigenvalue weighted by Crippen LogP contribution is -2.44. The van der Waals surface area contributed by atoms with Gasteiger partial charge in [-0.25, -0.2) is 0 Å². The third-order valence-corrected chi connectivity index (χ3v) is 1.77. The van der Waals surface area contributed by atoms with Crippen LogP contribution in [0.15, 0.2) is 0 Å². The van der Waals surface area contributed by atoms with E-state index in [1.807, 2.05) is 0 Å². The number of hydrogen-bond acceptors (Lipinski definition) is 6. The molecule has 0 bridgehead atoms. The van der Waals surface area contributed by atoms with Crippen LogP contribution in [-0.2, 0) is 9.59 Å². The molecule has 0 amide bonds. The van der Waals surface area contributed by atoms with Crippen LogP contribution >= 0.6 is 0 Å². The van der Waals surface area contributed by atoms with Crippen LogP contribution in [0.3, 0.4) is 0 Å². The lowest BCUT2D eigenvalue weighted by Gasteiger charge is -2.14. The SMILES string of the molecule is CC(C)NCC(=O)C(=O)[C@H](O)[C@H](O)CO. The van der Waals surface area contributed by atoms with E-state index in [9.17, 15) is 9.59 Å². The second-order valence-electron chi connectivity index (χ2n) is 3.52. The first-order valence-corrected chi connectivity index (χ1v) is 4.67. The van der Waals surface area contributed by atoms with Gasteiger partial charge in [-0.2, -0.15) is 0 Å². The quantitative estimate of drug-likeness (QED) is 0.363. The Morgan fingerprint density at radius 1 is 1.27 bits per heavy atom. The van der Waals surface area contributed by atoms with Crippen LogP contribution in [0, 0.1) is 0 Å². The molecular formula is C9H17NO5. The minimum absolute atomic E-state index is 0.0432. The molecule has 0 aliphatic rings. The average molecular weight is 219 g/mol. The van der Waals surface area contributed by atoms with Crippen molar-refractivity contribution in [2.45, 2.75) is 32.1 Å². The molecule has 0 rings (SSSR count). The minimum atomic E-state index is -1.85. The Labute approximate surface area is 87.9 Å². The van der Waals surface area contributed by atoms with Crippen molar-refractivity contribution in [1.29, 1.82) is 0 Å². The van der Waals surface area contributed by atoms with E-state index in [0.29, 0.717) is 0 Å². The summed E-state index contributed by atoms with van der Waals surface area (Å²) >= 11 is 0. The maximum Gasteiger partial charge on any atom is 0.230 e. The molecule has 0 aliphatic carbocycles. The summed E-state index contributed by atoms with van der Waals surface area (Å²) in [6.07, 6.45) is -3.46. The van der Waals surface area contributed by atoms with Crippen molar-refractivity contribution in [2.75, 3.05) is 13.2 Å². The van der Waals surface area contributed by atoms with Crippen molar-refractivity contribution >= 4 is 11.6 Å². The number of ketones is 2. The number of carbonyl (C=O) groups excluding carboxylic acids is 2. The predicted octanol–water partition coefficient (Wildman–Crippen LogP) is -2.16. The summed E-state index contributed by atoms with van der Waals surface area (Å²) in [7, 11) is 0. The van der Waals surface area contributed by atoms with E-state index in [1.54, 1.807) is 13.8 Å². The van der Waals surface area contributed by atoms with Gasteiger partial charge >= 0.3 is 0 Å².